The van der Waals surface area contributed by atoms with Gasteiger partial charge in [-0.3, -0.25) is 9.78 Å². The third-order valence-electron chi connectivity index (χ3n) is 4.91. The maximum atomic E-state index is 13.6. The molecule has 0 aliphatic carbocycles. The fraction of sp³-hybridized carbons (Fsp3) is 0.227. The molecule has 5 nitrogen and oxygen atoms in total. The zero-order valence-electron chi connectivity index (χ0n) is 16.1. The quantitative estimate of drug-likeness (QED) is 0.533. The van der Waals surface area contributed by atoms with Gasteiger partial charge < -0.3 is 9.47 Å². The summed E-state index contributed by atoms with van der Waals surface area (Å²) in [5.41, 5.74) is 3.65. The summed E-state index contributed by atoms with van der Waals surface area (Å²) in [6.45, 7) is 5.02. The normalized spacial score (nSPS) is 11.3. The highest BCUT2D eigenvalue weighted by atomic mass is 19.1. The second kappa shape index (κ2) is 7.03. The van der Waals surface area contributed by atoms with Gasteiger partial charge in [0.25, 0.3) is 5.91 Å². The summed E-state index contributed by atoms with van der Waals surface area (Å²) in [6, 6.07) is 14.0. The molecule has 4 rings (SSSR count). The van der Waals surface area contributed by atoms with Crippen molar-refractivity contribution in [1.82, 2.24) is 19.4 Å². The van der Waals surface area contributed by atoms with E-state index in [1.165, 1.54) is 12.1 Å². The van der Waals surface area contributed by atoms with Crippen molar-refractivity contribution in [3.8, 4) is 0 Å². The molecule has 2 aromatic heterocycles. The van der Waals surface area contributed by atoms with Gasteiger partial charge in [0.1, 0.15) is 11.6 Å². The molecular formula is C22H21FN4O. The number of nitrogens with zero attached hydrogens (tertiary/aromatic N) is 4. The Hall–Kier alpha value is -3.28. The Kier molecular flexibility index (Phi) is 4.55. The first-order valence-corrected chi connectivity index (χ1v) is 9.24. The van der Waals surface area contributed by atoms with E-state index in [0.717, 1.165) is 23.4 Å². The molecule has 2 heterocycles. The summed E-state index contributed by atoms with van der Waals surface area (Å²) in [6.07, 6.45) is 0. The molecular weight excluding hydrogens is 355 g/mol. The summed E-state index contributed by atoms with van der Waals surface area (Å²) in [4.78, 5) is 23.9. The smallest absolute Gasteiger partial charge is 0.254 e. The lowest BCUT2D eigenvalue weighted by molar-refractivity contribution is 0.0782. The number of fused-ring (bicyclic) bond motifs is 2. The summed E-state index contributed by atoms with van der Waals surface area (Å²) < 4.78 is 15.7. The molecule has 2 aromatic carbocycles. The zero-order chi connectivity index (χ0) is 19.8. The van der Waals surface area contributed by atoms with Crippen LogP contribution < -0.4 is 0 Å². The molecule has 0 bridgehead atoms. The molecule has 0 unspecified atom stereocenters. The minimum Gasteiger partial charge on any atom is -0.334 e. The summed E-state index contributed by atoms with van der Waals surface area (Å²) in [5.74, 6) is 0.325. The predicted molar refractivity (Wildman–Crippen MR) is 108 cm³/mol. The van der Waals surface area contributed by atoms with Gasteiger partial charge in [0, 0.05) is 30.7 Å². The lowest BCUT2D eigenvalue weighted by Crippen LogP contribution is -2.28. The van der Waals surface area contributed by atoms with Crippen LogP contribution in [0, 0.1) is 12.7 Å². The maximum Gasteiger partial charge on any atom is 0.254 e. The van der Waals surface area contributed by atoms with Gasteiger partial charge in [0.05, 0.1) is 28.7 Å². The van der Waals surface area contributed by atoms with Crippen LogP contribution in [0.1, 0.15) is 28.8 Å². The first-order chi connectivity index (χ1) is 13.5. The van der Waals surface area contributed by atoms with Gasteiger partial charge in [-0.25, -0.2) is 9.37 Å². The largest absolute Gasteiger partial charge is 0.334 e. The van der Waals surface area contributed by atoms with Crippen molar-refractivity contribution < 1.29 is 9.18 Å². The van der Waals surface area contributed by atoms with E-state index in [-0.39, 0.29) is 11.7 Å². The highest BCUT2D eigenvalue weighted by molar-refractivity contribution is 6.06. The molecule has 142 valence electrons. The van der Waals surface area contributed by atoms with Crippen LogP contribution in [-0.2, 0) is 13.1 Å². The fourth-order valence-electron chi connectivity index (χ4n) is 3.60. The number of para-hydroxylation sites is 2. The van der Waals surface area contributed by atoms with Crippen LogP contribution in [0.15, 0.2) is 48.5 Å². The Morgan fingerprint density at radius 1 is 1.11 bits per heavy atom. The number of pyridine rings is 1. The molecule has 0 saturated heterocycles. The number of imidazole rings is 1. The number of hydrogen-bond acceptors (Lipinski definition) is 3. The first-order valence-electron chi connectivity index (χ1n) is 9.24. The number of benzene rings is 2. The van der Waals surface area contributed by atoms with Crippen LogP contribution in [0.25, 0.3) is 21.9 Å². The molecule has 0 radical (unpaired) electrons. The third-order valence-corrected chi connectivity index (χ3v) is 4.91. The van der Waals surface area contributed by atoms with Crippen molar-refractivity contribution in [2.24, 2.45) is 0 Å². The minimum atomic E-state index is -0.367. The van der Waals surface area contributed by atoms with Crippen LogP contribution in [0.2, 0.25) is 0 Å². The average Bonchev–Trinajstić information content (AvgIpc) is 3.03. The van der Waals surface area contributed by atoms with Gasteiger partial charge >= 0.3 is 0 Å². The van der Waals surface area contributed by atoms with Crippen LogP contribution in [0.3, 0.4) is 0 Å². The molecule has 1 amide bonds. The van der Waals surface area contributed by atoms with E-state index in [1.54, 1.807) is 31.0 Å². The molecule has 0 aliphatic heterocycles. The van der Waals surface area contributed by atoms with Crippen LogP contribution in [0.5, 0.6) is 0 Å². The van der Waals surface area contributed by atoms with Crippen molar-refractivity contribution in [2.75, 3.05) is 7.05 Å². The van der Waals surface area contributed by atoms with Gasteiger partial charge in [-0.1, -0.05) is 12.1 Å². The van der Waals surface area contributed by atoms with Crippen molar-refractivity contribution in [2.45, 2.75) is 26.9 Å². The molecule has 0 saturated carbocycles. The highest BCUT2D eigenvalue weighted by Gasteiger charge is 2.19. The summed E-state index contributed by atoms with van der Waals surface area (Å²) in [7, 11) is 1.76. The number of carbonyl (C=O) groups excluding carboxylic acids is 1. The Bertz CT molecular complexity index is 1190. The van der Waals surface area contributed by atoms with Crippen molar-refractivity contribution >= 4 is 27.8 Å². The zero-order valence-corrected chi connectivity index (χ0v) is 16.1. The van der Waals surface area contributed by atoms with Gasteiger partial charge in [0.15, 0.2) is 0 Å². The Morgan fingerprint density at radius 3 is 2.68 bits per heavy atom. The van der Waals surface area contributed by atoms with Crippen molar-refractivity contribution in [1.29, 1.82) is 0 Å². The number of aryl methyl sites for hydroxylation is 2. The Balaban J connectivity index is 1.71. The van der Waals surface area contributed by atoms with Crippen molar-refractivity contribution in [3.05, 3.63) is 71.4 Å². The lowest BCUT2D eigenvalue weighted by Gasteiger charge is -2.19. The van der Waals surface area contributed by atoms with Gasteiger partial charge in [-0.05, 0) is 44.2 Å². The average molecular weight is 376 g/mol. The number of carbonyl (C=O) groups is 1. The highest BCUT2D eigenvalue weighted by Crippen LogP contribution is 2.22. The van der Waals surface area contributed by atoms with Gasteiger partial charge in [-0.15, -0.1) is 0 Å². The van der Waals surface area contributed by atoms with E-state index in [9.17, 15) is 9.18 Å². The second-order valence-corrected chi connectivity index (χ2v) is 6.89. The van der Waals surface area contributed by atoms with Crippen LogP contribution in [0.4, 0.5) is 4.39 Å². The van der Waals surface area contributed by atoms with E-state index in [1.807, 2.05) is 24.3 Å². The number of amides is 1. The first kappa shape index (κ1) is 18.1. The SMILES string of the molecule is CCn1c(CN(C)C(=O)c2cc(C)nc3cc(F)ccc23)nc2ccccc21. The molecule has 0 fully saturated rings. The Labute approximate surface area is 162 Å². The predicted octanol–water partition coefficient (Wildman–Crippen LogP) is 4.32. The molecule has 0 aliphatic rings. The standard InChI is InChI=1S/C22H21FN4O/c1-4-27-20-8-6-5-7-18(20)25-21(27)13-26(3)22(28)17-11-14(2)24-19-12-15(23)9-10-16(17)19/h5-12H,4,13H2,1-3H3. The topological polar surface area (TPSA) is 51.0 Å². The molecule has 28 heavy (non-hydrogen) atoms. The van der Waals surface area contributed by atoms with E-state index in [2.05, 4.69) is 16.5 Å². The number of aromatic nitrogens is 3. The summed E-state index contributed by atoms with van der Waals surface area (Å²) >= 11 is 0. The number of rotatable bonds is 4. The molecule has 0 N–H and O–H groups in total. The third kappa shape index (κ3) is 3.11. The maximum absolute atomic E-state index is 13.6. The molecule has 0 spiro atoms. The van der Waals surface area contributed by atoms with Gasteiger partial charge in [0.2, 0.25) is 0 Å². The van der Waals surface area contributed by atoms with E-state index in [0.29, 0.717) is 28.7 Å². The summed E-state index contributed by atoms with van der Waals surface area (Å²) in [5, 5.41) is 0.646. The molecule has 6 heteroatoms. The Morgan fingerprint density at radius 2 is 1.89 bits per heavy atom. The number of hydrogen-bond donors (Lipinski definition) is 0. The second-order valence-electron chi connectivity index (χ2n) is 6.89. The lowest BCUT2D eigenvalue weighted by atomic mass is 10.1. The van der Waals surface area contributed by atoms with Crippen LogP contribution in [-0.4, -0.2) is 32.4 Å². The van der Waals surface area contributed by atoms with Crippen molar-refractivity contribution in [3.63, 3.8) is 0 Å². The molecule has 0 atom stereocenters. The molecule has 4 aromatic rings. The minimum absolute atomic E-state index is 0.142. The van der Waals surface area contributed by atoms with E-state index < -0.39 is 0 Å². The fourth-order valence-corrected chi connectivity index (χ4v) is 3.60. The number of halogens is 1. The van der Waals surface area contributed by atoms with Crippen LogP contribution >= 0.6 is 0 Å². The van der Waals surface area contributed by atoms with E-state index in [4.69, 9.17) is 4.98 Å². The van der Waals surface area contributed by atoms with Gasteiger partial charge in [-0.2, -0.15) is 0 Å². The monoisotopic (exact) mass is 376 g/mol. The van der Waals surface area contributed by atoms with E-state index >= 15 is 0 Å².